The second kappa shape index (κ2) is 7.56. The molecule has 0 bridgehead atoms. The van der Waals surface area contributed by atoms with Crippen LogP contribution in [0.1, 0.15) is 5.56 Å². The van der Waals surface area contributed by atoms with Crippen LogP contribution in [0.4, 0.5) is 5.69 Å². The highest BCUT2D eigenvalue weighted by Gasteiger charge is 2.19. The first kappa shape index (κ1) is 18.5. The average molecular weight is 406 g/mol. The molecule has 0 amide bonds. The number of aromatic hydroxyl groups is 1. The topological polar surface area (TPSA) is 119 Å². The van der Waals surface area contributed by atoms with Crippen molar-refractivity contribution < 1.29 is 14.8 Å². The Kier molecular flexibility index (Phi) is 5.19. The fourth-order valence-electron chi connectivity index (χ4n) is 2.32. The van der Waals surface area contributed by atoms with Gasteiger partial charge in [-0.05, 0) is 30.4 Å². The van der Waals surface area contributed by atoms with E-state index in [-0.39, 0.29) is 10.5 Å². The summed E-state index contributed by atoms with van der Waals surface area (Å²) < 4.78 is 6.51. The van der Waals surface area contributed by atoms with Gasteiger partial charge in [-0.2, -0.15) is 14.9 Å². The number of ether oxygens (including phenoxy) is 1. The second-order valence-electron chi connectivity index (χ2n) is 5.24. The third kappa shape index (κ3) is 3.66. The number of benzene rings is 2. The fourth-order valence-corrected chi connectivity index (χ4v) is 2.72. The lowest BCUT2D eigenvalue weighted by Crippen LogP contribution is -1.97. The molecule has 0 spiro atoms. The Hall–Kier alpha value is -3.24. The number of methoxy groups -OCH3 is 1. The molecule has 0 aliphatic rings. The van der Waals surface area contributed by atoms with Gasteiger partial charge in [-0.3, -0.25) is 10.1 Å². The Labute approximate surface area is 162 Å². The van der Waals surface area contributed by atoms with Crippen LogP contribution in [0.3, 0.4) is 0 Å². The summed E-state index contributed by atoms with van der Waals surface area (Å²) in [4.78, 5) is 10.4. The Morgan fingerprint density at radius 1 is 1.44 bits per heavy atom. The summed E-state index contributed by atoms with van der Waals surface area (Å²) in [6.07, 6.45) is 1.33. The van der Waals surface area contributed by atoms with Crippen LogP contribution in [-0.4, -0.2) is 38.2 Å². The minimum Gasteiger partial charge on any atom is -0.500 e. The average Bonchev–Trinajstić information content (AvgIpc) is 3.01. The van der Waals surface area contributed by atoms with Crippen molar-refractivity contribution in [1.29, 1.82) is 0 Å². The Bertz CT molecular complexity index is 1110. The van der Waals surface area contributed by atoms with E-state index in [2.05, 4.69) is 15.3 Å². The van der Waals surface area contributed by atoms with E-state index in [1.807, 2.05) is 0 Å². The zero-order valence-corrected chi connectivity index (χ0v) is 15.4. The molecule has 11 heteroatoms. The SMILES string of the molecule is COc1cc(/C=N/n2c(-c3ccccc3Cl)n[nH]c2=S)cc([N+](=O)[O-])c1O. The molecule has 2 N–H and O–H groups in total. The van der Waals surface area contributed by atoms with Crippen molar-refractivity contribution in [1.82, 2.24) is 14.9 Å². The van der Waals surface area contributed by atoms with Crippen LogP contribution < -0.4 is 4.74 Å². The minimum atomic E-state index is -0.714. The van der Waals surface area contributed by atoms with E-state index in [1.165, 1.54) is 30.1 Å². The zero-order valence-electron chi connectivity index (χ0n) is 13.8. The zero-order chi connectivity index (χ0) is 19.6. The molecule has 1 aromatic heterocycles. The maximum atomic E-state index is 11.1. The van der Waals surface area contributed by atoms with Crippen LogP contribution in [0, 0.1) is 14.9 Å². The molecular weight excluding hydrogens is 394 g/mol. The number of H-pyrrole nitrogens is 1. The van der Waals surface area contributed by atoms with Gasteiger partial charge in [0.15, 0.2) is 11.6 Å². The van der Waals surface area contributed by atoms with E-state index < -0.39 is 16.4 Å². The molecule has 0 unspecified atom stereocenters. The van der Waals surface area contributed by atoms with Gasteiger partial charge in [-0.15, -0.1) is 0 Å². The minimum absolute atomic E-state index is 0.0484. The summed E-state index contributed by atoms with van der Waals surface area (Å²) in [7, 11) is 1.29. The van der Waals surface area contributed by atoms with Crippen LogP contribution in [0.15, 0.2) is 41.5 Å². The highest BCUT2D eigenvalue weighted by Crippen LogP contribution is 2.36. The summed E-state index contributed by atoms with van der Waals surface area (Å²) >= 11 is 11.4. The molecule has 0 saturated heterocycles. The molecule has 138 valence electrons. The molecule has 0 aliphatic carbocycles. The number of hydrogen-bond donors (Lipinski definition) is 2. The van der Waals surface area contributed by atoms with E-state index in [9.17, 15) is 15.2 Å². The molecule has 27 heavy (non-hydrogen) atoms. The van der Waals surface area contributed by atoms with Crippen molar-refractivity contribution in [3.8, 4) is 22.9 Å². The molecule has 2 aromatic carbocycles. The summed E-state index contributed by atoms with van der Waals surface area (Å²) in [5.41, 5.74) is 0.431. The predicted molar refractivity (Wildman–Crippen MR) is 102 cm³/mol. The van der Waals surface area contributed by atoms with E-state index in [1.54, 1.807) is 24.3 Å². The van der Waals surface area contributed by atoms with Crippen molar-refractivity contribution in [3.05, 3.63) is 61.9 Å². The number of rotatable bonds is 5. The van der Waals surface area contributed by atoms with Crippen LogP contribution >= 0.6 is 23.8 Å². The van der Waals surface area contributed by atoms with E-state index >= 15 is 0 Å². The quantitative estimate of drug-likeness (QED) is 0.288. The molecule has 0 aliphatic heterocycles. The van der Waals surface area contributed by atoms with Crippen LogP contribution in [0.25, 0.3) is 11.4 Å². The Morgan fingerprint density at radius 2 is 2.19 bits per heavy atom. The number of aromatic nitrogens is 3. The number of phenolic OH excluding ortho intramolecular Hbond substituents is 1. The maximum Gasteiger partial charge on any atom is 0.315 e. The highest BCUT2D eigenvalue weighted by molar-refractivity contribution is 7.71. The third-order valence-corrected chi connectivity index (χ3v) is 4.18. The van der Waals surface area contributed by atoms with E-state index in [4.69, 9.17) is 28.6 Å². The van der Waals surface area contributed by atoms with Gasteiger partial charge in [0.25, 0.3) is 0 Å². The standard InChI is InChI=1S/C16H12ClN5O4S/c1-26-13-7-9(6-12(14(13)23)22(24)25)8-18-21-15(19-20-16(21)27)10-4-2-3-5-11(10)17/h2-8,23H,1H3,(H,20,27)/b18-8+. The second-order valence-corrected chi connectivity index (χ2v) is 6.03. The summed E-state index contributed by atoms with van der Waals surface area (Å²) in [5, 5.41) is 32.4. The number of nitrogens with one attached hydrogen (secondary N) is 1. The fraction of sp³-hybridized carbons (Fsp3) is 0.0625. The molecule has 0 radical (unpaired) electrons. The van der Waals surface area contributed by atoms with Gasteiger partial charge in [0.1, 0.15) is 0 Å². The van der Waals surface area contributed by atoms with E-state index in [0.717, 1.165) is 0 Å². The Balaban J connectivity index is 2.07. The first-order chi connectivity index (χ1) is 12.9. The molecule has 0 saturated carbocycles. The predicted octanol–water partition coefficient (Wildman–Crippen LogP) is 3.77. The van der Waals surface area contributed by atoms with Crippen molar-refractivity contribution in [3.63, 3.8) is 0 Å². The molecule has 3 rings (SSSR count). The molecular formula is C16H12ClN5O4S. The van der Waals surface area contributed by atoms with Crippen LogP contribution in [0.2, 0.25) is 5.02 Å². The molecule has 9 nitrogen and oxygen atoms in total. The summed E-state index contributed by atoms with van der Waals surface area (Å²) in [6, 6.07) is 9.61. The third-order valence-electron chi connectivity index (χ3n) is 3.58. The lowest BCUT2D eigenvalue weighted by Gasteiger charge is -2.05. The monoisotopic (exact) mass is 405 g/mol. The van der Waals surface area contributed by atoms with E-state index in [0.29, 0.717) is 22.0 Å². The van der Waals surface area contributed by atoms with Crippen LogP contribution in [0.5, 0.6) is 11.5 Å². The number of nitrogens with zero attached hydrogens (tertiary/aromatic N) is 4. The van der Waals surface area contributed by atoms with Gasteiger partial charge in [-0.1, -0.05) is 23.7 Å². The summed E-state index contributed by atoms with van der Waals surface area (Å²) in [6.45, 7) is 0. The first-order valence-electron chi connectivity index (χ1n) is 7.44. The molecule has 3 aromatic rings. The van der Waals surface area contributed by atoms with Gasteiger partial charge in [0.2, 0.25) is 10.5 Å². The van der Waals surface area contributed by atoms with Gasteiger partial charge in [0, 0.05) is 17.2 Å². The van der Waals surface area contributed by atoms with Crippen molar-refractivity contribution in [2.24, 2.45) is 5.10 Å². The number of nitro benzene ring substituents is 1. The number of aromatic amines is 1. The number of nitro groups is 1. The normalized spacial score (nSPS) is 11.0. The van der Waals surface area contributed by atoms with Gasteiger partial charge >= 0.3 is 5.69 Å². The van der Waals surface area contributed by atoms with Crippen LogP contribution in [-0.2, 0) is 0 Å². The lowest BCUT2D eigenvalue weighted by molar-refractivity contribution is -0.386. The highest BCUT2D eigenvalue weighted by atomic mass is 35.5. The van der Waals surface area contributed by atoms with Crippen molar-refractivity contribution >= 4 is 35.7 Å². The number of hydrogen-bond acceptors (Lipinski definition) is 7. The largest absolute Gasteiger partial charge is 0.500 e. The lowest BCUT2D eigenvalue weighted by atomic mass is 10.2. The Morgan fingerprint density at radius 3 is 2.85 bits per heavy atom. The van der Waals surface area contributed by atoms with Gasteiger partial charge < -0.3 is 9.84 Å². The molecule has 0 atom stereocenters. The number of halogens is 1. The van der Waals surface area contributed by atoms with Gasteiger partial charge in [-0.25, -0.2) is 5.10 Å². The summed E-state index contributed by atoms with van der Waals surface area (Å²) in [5.74, 6) is -0.230. The van der Waals surface area contributed by atoms with Crippen molar-refractivity contribution in [2.45, 2.75) is 0 Å². The molecule has 1 heterocycles. The van der Waals surface area contributed by atoms with Gasteiger partial charge in [0.05, 0.1) is 23.3 Å². The number of phenols is 1. The molecule has 0 fully saturated rings. The first-order valence-corrected chi connectivity index (χ1v) is 8.23. The smallest absolute Gasteiger partial charge is 0.315 e. The maximum absolute atomic E-state index is 11.1. The van der Waals surface area contributed by atoms with Crippen molar-refractivity contribution in [2.75, 3.05) is 7.11 Å².